The van der Waals surface area contributed by atoms with Crippen molar-refractivity contribution in [2.45, 2.75) is 6.92 Å². The van der Waals surface area contributed by atoms with Gasteiger partial charge in [0.05, 0.1) is 15.9 Å². The summed E-state index contributed by atoms with van der Waals surface area (Å²) in [6.07, 6.45) is 0.598. The van der Waals surface area contributed by atoms with Crippen LogP contribution in [0.5, 0.6) is 11.5 Å². The van der Waals surface area contributed by atoms with Crippen LogP contribution in [-0.2, 0) is 4.52 Å². The highest BCUT2D eigenvalue weighted by molar-refractivity contribution is 7.31. The molecule has 0 bridgehead atoms. The molecule has 1 aromatic carbocycles. The zero-order valence-electron chi connectivity index (χ0n) is 8.45. The van der Waals surface area contributed by atoms with Gasteiger partial charge in [-0.05, 0) is 19.1 Å². The summed E-state index contributed by atoms with van der Waals surface area (Å²) in [5.74, 6) is 1.62. The lowest BCUT2D eigenvalue weighted by Gasteiger charge is -2.06. The summed E-state index contributed by atoms with van der Waals surface area (Å²) < 4.78 is 15.7. The number of methoxy groups -OCH3 is 1. The molecular weight excluding hydrogens is 199 g/mol. The monoisotopic (exact) mass is 214 g/mol. The van der Waals surface area contributed by atoms with Crippen molar-refractivity contribution in [2.75, 3.05) is 20.1 Å². The number of rotatable bonds is 6. The van der Waals surface area contributed by atoms with Gasteiger partial charge in [-0.3, -0.25) is 0 Å². The molecule has 0 saturated carbocycles. The Morgan fingerprint density at radius 3 is 2.79 bits per heavy atom. The van der Waals surface area contributed by atoms with Crippen LogP contribution in [0, 0.1) is 0 Å². The van der Waals surface area contributed by atoms with Gasteiger partial charge in [-0.2, -0.15) is 0 Å². The Bertz CT molecular complexity index is 265. The maximum Gasteiger partial charge on any atom is 0.129 e. The first-order valence-electron chi connectivity index (χ1n) is 4.48. The summed E-state index contributed by atoms with van der Waals surface area (Å²) in [6, 6.07) is 7.55. The lowest BCUT2D eigenvalue weighted by molar-refractivity contribution is 0.340. The normalized spacial score (nSPS) is 10.7. The van der Waals surface area contributed by atoms with Crippen LogP contribution >= 0.6 is 8.81 Å². The molecule has 0 spiro atoms. The molecule has 0 radical (unpaired) electrons. The summed E-state index contributed by atoms with van der Waals surface area (Å²) in [4.78, 5) is 0. The summed E-state index contributed by atoms with van der Waals surface area (Å²) in [5, 5.41) is 0. The fourth-order valence-electron chi connectivity index (χ4n) is 0.947. The quantitative estimate of drug-likeness (QED) is 0.538. The van der Waals surface area contributed by atoms with Crippen LogP contribution in [0.4, 0.5) is 0 Å². The molecule has 1 atom stereocenters. The summed E-state index contributed by atoms with van der Waals surface area (Å²) in [5.41, 5.74) is 0. The van der Waals surface area contributed by atoms with E-state index in [1.807, 2.05) is 31.2 Å². The standard InChI is InChI=1S/C10H15O3P/c1-3-13-14-8-12-10-6-4-5-9(7-10)11-2/h4-7,14H,3,8H2,1-2H3. The molecular formula is C10H15O3P. The molecule has 3 nitrogen and oxygen atoms in total. The SMILES string of the molecule is CCOPCOc1cccc(OC)c1. The van der Waals surface area contributed by atoms with Crippen molar-refractivity contribution in [3.05, 3.63) is 24.3 Å². The number of hydrogen-bond donors (Lipinski definition) is 0. The molecule has 14 heavy (non-hydrogen) atoms. The highest BCUT2D eigenvalue weighted by Gasteiger charge is 1.95. The smallest absolute Gasteiger partial charge is 0.129 e. The van der Waals surface area contributed by atoms with Crippen LogP contribution in [0.25, 0.3) is 0 Å². The van der Waals surface area contributed by atoms with Crippen molar-refractivity contribution >= 4 is 8.81 Å². The second kappa shape index (κ2) is 6.63. The summed E-state index contributed by atoms with van der Waals surface area (Å²) in [7, 11) is 2.03. The van der Waals surface area contributed by atoms with Crippen molar-refractivity contribution in [3.8, 4) is 11.5 Å². The van der Waals surface area contributed by atoms with Gasteiger partial charge >= 0.3 is 0 Å². The third-order valence-corrected chi connectivity index (χ3v) is 2.34. The van der Waals surface area contributed by atoms with Crippen LogP contribution in [0.3, 0.4) is 0 Å². The fraction of sp³-hybridized carbons (Fsp3) is 0.400. The molecule has 0 saturated heterocycles. The Balaban J connectivity index is 2.34. The predicted molar refractivity (Wildman–Crippen MR) is 58.4 cm³/mol. The first-order chi connectivity index (χ1) is 6.86. The van der Waals surface area contributed by atoms with E-state index in [2.05, 4.69) is 0 Å². The van der Waals surface area contributed by atoms with E-state index in [0.29, 0.717) is 15.2 Å². The Kier molecular flexibility index (Phi) is 5.35. The van der Waals surface area contributed by atoms with Crippen LogP contribution in [-0.4, -0.2) is 20.1 Å². The van der Waals surface area contributed by atoms with Crippen molar-refractivity contribution in [2.24, 2.45) is 0 Å². The van der Waals surface area contributed by atoms with Crippen molar-refractivity contribution in [1.82, 2.24) is 0 Å². The number of hydrogen-bond acceptors (Lipinski definition) is 3. The van der Waals surface area contributed by atoms with Crippen LogP contribution in [0.2, 0.25) is 0 Å². The Morgan fingerprint density at radius 2 is 2.07 bits per heavy atom. The summed E-state index contributed by atoms with van der Waals surface area (Å²) >= 11 is 0. The average molecular weight is 214 g/mol. The van der Waals surface area contributed by atoms with E-state index in [9.17, 15) is 0 Å². The van der Waals surface area contributed by atoms with E-state index in [1.165, 1.54) is 0 Å². The van der Waals surface area contributed by atoms with E-state index in [-0.39, 0.29) is 0 Å². The van der Waals surface area contributed by atoms with E-state index >= 15 is 0 Å². The van der Waals surface area contributed by atoms with Gasteiger partial charge in [0.15, 0.2) is 0 Å². The molecule has 0 N–H and O–H groups in total. The highest BCUT2D eigenvalue weighted by Crippen LogP contribution is 2.21. The van der Waals surface area contributed by atoms with E-state index in [4.69, 9.17) is 14.0 Å². The zero-order chi connectivity index (χ0) is 10.2. The number of benzene rings is 1. The maximum absolute atomic E-state index is 5.46. The third-order valence-electron chi connectivity index (χ3n) is 1.59. The Morgan fingerprint density at radius 1 is 1.29 bits per heavy atom. The average Bonchev–Trinajstić information content (AvgIpc) is 2.25. The molecule has 0 heterocycles. The van der Waals surface area contributed by atoms with Gasteiger partial charge < -0.3 is 14.0 Å². The predicted octanol–water partition coefficient (Wildman–Crippen LogP) is 2.66. The van der Waals surface area contributed by atoms with Crippen LogP contribution in [0.1, 0.15) is 6.92 Å². The first-order valence-corrected chi connectivity index (χ1v) is 5.60. The van der Waals surface area contributed by atoms with Gasteiger partial charge in [-0.25, -0.2) is 0 Å². The largest absolute Gasteiger partial charge is 0.497 e. The van der Waals surface area contributed by atoms with Gasteiger partial charge in [-0.1, -0.05) is 6.07 Å². The van der Waals surface area contributed by atoms with Gasteiger partial charge in [0.25, 0.3) is 0 Å². The lowest BCUT2D eigenvalue weighted by Crippen LogP contribution is -1.92. The minimum atomic E-state index is 0.392. The third kappa shape index (κ3) is 3.95. The van der Waals surface area contributed by atoms with Crippen LogP contribution < -0.4 is 9.47 Å². The van der Waals surface area contributed by atoms with Gasteiger partial charge in [0.1, 0.15) is 17.8 Å². The molecule has 78 valence electrons. The zero-order valence-corrected chi connectivity index (χ0v) is 9.45. The fourth-order valence-corrected chi connectivity index (χ4v) is 1.46. The van der Waals surface area contributed by atoms with Gasteiger partial charge in [0, 0.05) is 12.7 Å². The number of ether oxygens (including phenoxy) is 2. The molecule has 1 aromatic rings. The molecule has 0 aliphatic carbocycles. The first kappa shape index (κ1) is 11.3. The van der Waals surface area contributed by atoms with Crippen molar-refractivity contribution in [3.63, 3.8) is 0 Å². The highest BCUT2D eigenvalue weighted by atomic mass is 31.1. The minimum absolute atomic E-state index is 0.392. The Labute approximate surface area is 86.2 Å². The van der Waals surface area contributed by atoms with Crippen molar-refractivity contribution in [1.29, 1.82) is 0 Å². The molecule has 0 fully saturated rings. The molecule has 0 aliphatic rings. The second-order valence-corrected chi connectivity index (χ2v) is 3.41. The van der Waals surface area contributed by atoms with E-state index in [0.717, 1.165) is 18.1 Å². The summed E-state index contributed by atoms with van der Waals surface area (Å²) in [6.45, 7) is 2.71. The topological polar surface area (TPSA) is 27.7 Å². The van der Waals surface area contributed by atoms with Gasteiger partial charge in [0.2, 0.25) is 0 Å². The molecule has 4 heteroatoms. The molecule has 1 rings (SSSR count). The molecule has 0 amide bonds. The van der Waals surface area contributed by atoms with E-state index in [1.54, 1.807) is 7.11 Å². The second-order valence-electron chi connectivity index (χ2n) is 2.55. The maximum atomic E-state index is 5.46. The van der Waals surface area contributed by atoms with E-state index < -0.39 is 0 Å². The van der Waals surface area contributed by atoms with Crippen LogP contribution in [0.15, 0.2) is 24.3 Å². The Hall–Kier alpha value is -0.790. The van der Waals surface area contributed by atoms with Crippen molar-refractivity contribution < 1.29 is 14.0 Å². The minimum Gasteiger partial charge on any atom is -0.497 e. The molecule has 0 aromatic heterocycles. The van der Waals surface area contributed by atoms with Gasteiger partial charge in [-0.15, -0.1) is 0 Å². The molecule has 1 unspecified atom stereocenters. The molecule has 0 aliphatic heterocycles. The lowest BCUT2D eigenvalue weighted by atomic mass is 10.3.